The lowest BCUT2D eigenvalue weighted by molar-refractivity contribution is 0.362. The molecule has 0 atom stereocenters. The Kier molecular flexibility index (Phi) is 4.59. The highest BCUT2D eigenvalue weighted by Gasteiger charge is 2.37. The first-order valence-electron chi connectivity index (χ1n) is 5.88. The number of halogens is 2. The Labute approximate surface area is 125 Å². The number of hydrogen-bond donors (Lipinski definition) is 1. The van der Waals surface area contributed by atoms with Gasteiger partial charge < -0.3 is 0 Å². The van der Waals surface area contributed by atoms with Gasteiger partial charge in [-0.1, -0.05) is 6.42 Å². The molecule has 1 saturated carbocycles. The standard InChI is InChI=1S/C12H15BrFNO2S2/c1-18-12(5-2-6-12)8-15-19(16,17)11-4-3-9(14)7-10(11)13/h3-4,7,15H,2,5-6,8H2,1H3. The second kappa shape index (κ2) is 5.71. The smallest absolute Gasteiger partial charge is 0.210 e. The summed E-state index contributed by atoms with van der Waals surface area (Å²) in [7, 11) is -3.60. The highest BCUT2D eigenvalue weighted by molar-refractivity contribution is 9.10. The summed E-state index contributed by atoms with van der Waals surface area (Å²) >= 11 is 4.79. The molecule has 7 heteroatoms. The van der Waals surface area contributed by atoms with Crippen molar-refractivity contribution in [3.05, 3.63) is 28.5 Å². The van der Waals surface area contributed by atoms with E-state index in [-0.39, 0.29) is 14.1 Å². The highest BCUT2D eigenvalue weighted by atomic mass is 79.9. The molecule has 0 bridgehead atoms. The van der Waals surface area contributed by atoms with Gasteiger partial charge in [-0.05, 0) is 53.2 Å². The van der Waals surface area contributed by atoms with Crippen LogP contribution in [-0.2, 0) is 10.0 Å². The topological polar surface area (TPSA) is 46.2 Å². The molecule has 0 unspecified atom stereocenters. The van der Waals surface area contributed by atoms with Crippen molar-refractivity contribution in [3.63, 3.8) is 0 Å². The molecular weight excluding hydrogens is 353 g/mol. The van der Waals surface area contributed by atoms with E-state index in [2.05, 4.69) is 20.7 Å². The third kappa shape index (κ3) is 3.32. The Bertz CT molecular complexity index is 568. The lowest BCUT2D eigenvalue weighted by Gasteiger charge is -2.40. The average molecular weight is 368 g/mol. The Hall–Kier alpha value is -0.110. The minimum Gasteiger partial charge on any atom is -0.210 e. The molecule has 1 aliphatic rings. The lowest BCUT2D eigenvalue weighted by atomic mass is 9.84. The zero-order chi connectivity index (χ0) is 14.1. The van der Waals surface area contributed by atoms with Gasteiger partial charge >= 0.3 is 0 Å². The van der Waals surface area contributed by atoms with Crippen LogP contribution < -0.4 is 4.72 Å². The molecule has 3 nitrogen and oxygen atoms in total. The summed E-state index contributed by atoms with van der Waals surface area (Å²) in [6.45, 7) is 0.417. The normalized spacial score (nSPS) is 18.1. The third-order valence-corrected chi connectivity index (χ3v) is 7.26. The van der Waals surface area contributed by atoms with Crippen molar-refractivity contribution in [1.29, 1.82) is 0 Å². The van der Waals surface area contributed by atoms with Gasteiger partial charge in [0.1, 0.15) is 5.82 Å². The molecule has 0 amide bonds. The van der Waals surface area contributed by atoms with Crippen LogP contribution in [0, 0.1) is 5.82 Å². The van der Waals surface area contributed by atoms with Gasteiger partial charge in [-0.3, -0.25) is 0 Å². The molecule has 0 aliphatic heterocycles. The van der Waals surface area contributed by atoms with Crippen LogP contribution in [0.3, 0.4) is 0 Å². The molecule has 1 fully saturated rings. The van der Waals surface area contributed by atoms with Crippen LogP contribution >= 0.6 is 27.7 Å². The van der Waals surface area contributed by atoms with Crippen molar-refractivity contribution in [2.75, 3.05) is 12.8 Å². The van der Waals surface area contributed by atoms with Crippen LogP contribution in [0.1, 0.15) is 19.3 Å². The third-order valence-electron chi connectivity index (χ3n) is 3.47. The van der Waals surface area contributed by atoms with E-state index in [1.807, 2.05) is 6.26 Å². The monoisotopic (exact) mass is 367 g/mol. The van der Waals surface area contributed by atoms with Gasteiger partial charge in [-0.2, -0.15) is 11.8 Å². The first-order valence-corrected chi connectivity index (χ1v) is 9.39. The van der Waals surface area contributed by atoms with Crippen molar-refractivity contribution >= 4 is 37.7 Å². The summed E-state index contributed by atoms with van der Waals surface area (Å²) in [4.78, 5) is 0.0736. The molecule has 0 radical (unpaired) electrons. The molecule has 1 aliphatic carbocycles. The second-order valence-corrected chi connectivity index (χ2v) is 8.50. The van der Waals surface area contributed by atoms with Gasteiger partial charge in [-0.15, -0.1) is 0 Å². The lowest BCUT2D eigenvalue weighted by Crippen LogP contribution is -2.45. The fraction of sp³-hybridized carbons (Fsp3) is 0.500. The largest absolute Gasteiger partial charge is 0.241 e. The van der Waals surface area contributed by atoms with E-state index in [0.717, 1.165) is 31.4 Å². The fourth-order valence-electron chi connectivity index (χ4n) is 2.02. The summed E-state index contributed by atoms with van der Waals surface area (Å²) in [6.07, 6.45) is 5.20. The molecule has 0 heterocycles. The van der Waals surface area contributed by atoms with Gasteiger partial charge in [0.2, 0.25) is 10.0 Å². The van der Waals surface area contributed by atoms with E-state index in [0.29, 0.717) is 6.54 Å². The minimum absolute atomic E-state index is 0.0274. The zero-order valence-electron chi connectivity index (χ0n) is 10.4. The molecule has 19 heavy (non-hydrogen) atoms. The molecular formula is C12H15BrFNO2S2. The number of benzene rings is 1. The van der Waals surface area contributed by atoms with Crippen molar-refractivity contribution in [3.8, 4) is 0 Å². The zero-order valence-corrected chi connectivity index (χ0v) is 13.7. The summed E-state index contributed by atoms with van der Waals surface area (Å²) < 4.78 is 40.3. The van der Waals surface area contributed by atoms with Crippen LogP contribution in [0.2, 0.25) is 0 Å². The van der Waals surface area contributed by atoms with E-state index < -0.39 is 15.8 Å². The summed E-state index contributed by atoms with van der Waals surface area (Å²) in [5.41, 5.74) is 0. The number of sulfonamides is 1. The van der Waals surface area contributed by atoms with Crippen molar-refractivity contribution in [2.24, 2.45) is 0 Å². The molecule has 0 spiro atoms. The molecule has 1 aromatic carbocycles. The Morgan fingerprint density at radius 3 is 2.63 bits per heavy atom. The van der Waals surface area contributed by atoms with Crippen LogP contribution in [-0.4, -0.2) is 26.0 Å². The van der Waals surface area contributed by atoms with E-state index in [9.17, 15) is 12.8 Å². The maximum absolute atomic E-state index is 13.0. The van der Waals surface area contributed by atoms with Crippen LogP contribution in [0.15, 0.2) is 27.6 Å². The average Bonchev–Trinajstić information content (AvgIpc) is 2.27. The summed E-state index contributed by atoms with van der Waals surface area (Å²) in [5, 5.41) is 0. The quantitative estimate of drug-likeness (QED) is 0.869. The molecule has 0 saturated heterocycles. The summed E-state index contributed by atoms with van der Waals surface area (Å²) in [6, 6.07) is 3.57. The van der Waals surface area contributed by atoms with E-state index in [1.54, 1.807) is 11.8 Å². The molecule has 1 aromatic rings. The van der Waals surface area contributed by atoms with E-state index in [1.165, 1.54) is 6.07 Å². The number of rotatable bonds is 5. The molecule has 2 rings (SSSR count). The van der Waals surface area contributed by atoms with Crippen LogP contribution in [0.4, 0.5) is 4.39 Å². The maximum atomic E-state index is 13.0. The molecule has 106 valence electrons. The van der Waals surface area contributed by atoms with E-state index >= 15 is 0 Å². The SMILES string of the molecule is CSC1(CNS(=O)(=O)c2ccc(F)cc2Br)CCC1. The van der Waals surface area contributed by atoms with Gasteiger partial charge in [0.25, 0.3) is 0 Å². The predicted molar refractivity (Wildman–Crippen MR) is 79.4 cm³/mol. The number of nitrogens with one attached hydrogen (secondary N) is 1. The first kappa shape index (κ1) is 15.3. The van der Waals surface area contributed by atoms with Gasteiger partial charge in [0.05, 0.1) is 4.90 Å². The van der Waals surface area contributed by atoms with Crippen LogP contribution in [0.25, 0.3) is 0 Å². The number of thioether (sulfide) groups is 1. The van der Waals surface area contributed by atoms with Crippen molar-refractivity contribution < 1.29 is 12.8 Å². The van der Waals surface area contributed by atoms with E-state index in [4.69, 9.17) is 0 Å². The maximum Gasteiger partial charge on any atom is 0.241 e. The minimum atomic E-state index is -3.60. The van der Waals surface area contributed by atoms with Crippen molar-refractivity contribution in [1.82, 2.24) is 4.72 Å². The van der Waals surface area contributed by atoms with Gasteiger partial charge in [-0.25, -0.2) is 17.5 Å². The van der Waals surface area contributed by atoms with Crippen molar-refractivity contribution in [2.45, 2.75) is 28.9 Å². The fourth-order valence-corrected chi connectivity index (χ4v) is 5.20. The number of hydrogen-bond acceptors (Lipinski definition) is 3. The van der Waals surface area contributed by atoms with Gasteiger partial charge in [0.15, 0.2) is 0 Å². The Morgan fingerprint density at radius 1 is 1.47 bits per heavy atom. The second-order valence-electron chi connectivity index (χ2n) is 4.64. The summed E-state index contributed by atoms with van der Waals surface area (Å²) in [5.74, 6) is -0.467. The van der Waals surface area contributed by atoms with Crippen LogP contribution in [0.5, 0.6) is 0 Å². The highest BCUT2D eigenvalue weighted by Crippen LogP contribution is 2.42. The Morgan fingerprint density at radius 2 is 2.16 bits per heavy atom. The molecule has 1 N–H and O–H groups in total. The van der Waals surface area contributed by atoms with Gasteiger partial charge in [0, 0.05) is 15.8 Å². The predicted octanol–water partition coefficient (Wildman–Crippen LogP) is 3.15. The Balaban J connectivity index is 2.14. The first-order chi connectivity index (χ1) is 8.88. The molecule has 0 aromatic heterocycles.